The molecule has 0 saturated heterocycles. The summed E-state index contributed by atoms with van der Waals surface area (Å²) in [6.07, 6.45) is 48.9. The van der Waals surface area contributed by atoms with Gasteiger partial charge in [-0.3, -0.25) is 15.0 Å². The van der Waals surface area contributed by atoms with Gasteiger partial charge >= 0.3 is 60.3 Å². The number of imidazole rings is 4. The fraction of sp³-hybridized carbons (Fsp3) is 0.0404. The van der Waals surface area contributed by atoms with E-state index < -0.39 is 0 Å². The zero-order valence-corrected chi connectivity index (χ0v) is 78.1. The molecule has 15 aromatic heterocycles. The predicted octanol–water partition coefficient (Wildman–Crippen LogP) is 17.7. The van der Waals surface area contributed by atoms with Crippen molar-refractivity contribution in [1.29, 1.82) is 0 Å². The summed E-state index contributed by atoms with van der Waals surface area (Å²) in [5, 5.41) is 11.5. The Morgan fingerprint density at radius 1 is 0.305 bits per heavy atom. The first-order chi connectivity index (χ1) is 61.2. The van der Waals surface area contributed by atoms with Crippen LogP contribution in [-0.4, -0.2) is 130 Å². The summed E-state index contributed by atoms with van der Waals surface area (Å²) in [7, 11) is 8.00. The van der Waals surface area contributed by atoms with E-state index in [0.29, 0.717) is 0 Å². The van der Waals surface area contributed by atoms with Crippen LogP contribution in [0, 0.1) is 82.1 Å². The zero-order valence-electron chi connectivity index (χ0n) is 68.5. The summed E-state index contributed by atoms with van der Waals surface area (Å²) in [5.74, 6) is 0. The normalized spacial score (nSPS) is 12.8. The summed E-state index contributed by atoms with van der Waals surface area (Å²) < 4.78 is 7.53. The molecule has 0 N–H and O–H groups in total. The minimum atomic E-state index is 0. The second kappa shape index (κ2) is 40.8. The van der Waals surface area contributed by atoms with Gasteiger partial charge < -0.3 is 81.7 Å². The van der Waals surface area contributed by atoms with E-state index in [1.54, 1.807) is 62.1 Å². The largest absolute Gasteiger partial charge is 3.00 e. The molecule has 4 aliphatic heterocycles. The summed E-state index contributed by atoms with van der Waals surface area (Å²) in [6, 6.07) is 83.7. The number of nitrogens with zero attached hydrogens (tertiary/aromatic N) is 25. The van der Waals surface area contributed by atoms with Gasteiger partial charge in [0.25, 0.3) is 0 Å². The van der Waals surface area contributed by atoms with E-state index in [0.717, 1.165) is 154 Å². The number of benzene rings is 7. The third-order valence-corrected chi connectivity index (χ3v) is 20.4. The third-order valence-electron chi connectivity index (χ3n) is 20.4. The van der Waals surface area contributed by atoms with E-state index in [1.165, 1.54) is 6.33 Å². The standard InChI is InChI=1S/C18H9N3.C17H9N4.2C12H6N5.4C10H10N2.4Ir/c1-3-7-15-13(6-1)17-14(11-20-15)12-5-2-4-8-16(12)21-10-9-19-18(17)21;1-2-6-14-11(4-1)10-13-15(20-14)12-5-3-7-18-16(12)21-9-8-19-17(13)21;1-2-8-11-9(4-13-6-16-11)10-5-14-7-17(10)12(8)15-3-1;1-2-8-9-4-13-6-16-11(9)10-5-14-7-17(10)12(8)15-3-1;4*1-11-7-8-12(9-11)10-5-3-2-4-6-10;;;;/h1-7,9,11H;1-8,10H;2*1-6H;4*2-5,7-9H,1H3;;;;/q-2;3*-1;4*-2;;3*+3. The molecule has 19 heterocycles. The van der Waals surface area contributed by atoms with Crippen molar-refractivity contribution in [3.05, 3.63) is 413 Å². The maximum absolute atomic E-state index is 4.83. The smallest absolute Gasteiger partial charge is 0.510 e. The van der Waals surface area contributed by atoms with Gasteiger partial charge in [0.05, 0.1) is 33.4 Å². The van der Waals surface area contributed by atoms with Crippen LogP contribution >= 0.6 is 0 Å². The maximum Gasteiger partial charge on any atom is 3.00 e. The number of anilines is 4. The molecule has 7 aromatic carbocycles. The Morgan fingerprint density at radius 3 is 1.29 bits per heavy atom. The zero-order chi connectivity index (χ0) is 83.7. The van der Waals surface area contributed by atoms with Crippen LogP contribution in [0.5, 0.6) is 0 Å². The van der Waals surface area contributed by atoms with Gasteiger partial charge in [-0.25, -0.2) is 31.0 Å². The maximum atomic E-state index is 4.83. The van der Waals surface area contributed by atoms with Gasteiger partial charge in [-0.15, -0.1) is 22.7 Å². The fourth-order valence-corrected chi connectivity index (χ4v) is 14.7. The van der Waals surface area contributed by atoms with E-state index in [9.17, 15) is 0 Å². The first-order valence-electron chi connectivity index (χ1n) is 39.3. The fourth-order valence-electron chi connectivity index (χ4n) is 14.7. The van der Waals surface area contributed by atoms with E-state index in [1.807, 2.05) is 349 Å². The first kappa shape index (κ1) is 88.6. The van der Waals surface area contributed by atoms with Crippen LogP contribution < -0.4 is 19.6 Å². The van der Waals surface area contributed by atoms with Gasteiger partial charge in [0.15, 0.2) is 0 Å². The molecular weight excluding hydrogens is 2310 g/mol. The van der Waals surface area contributed by atoms with Crippen molar-refractivity contribution in [3.8, 4) is 0 Å². The van der Waals surface area contributed by atoms with Crippen molar-refractivity contribution < 1.29 is 80.4 Å². The van der Waals surface area contributed by atoms with Crippen molar-refractivity contribution in [2.24, 2.45) is 0 Å². The Labute approximate surface area is 790 Å². The molecule has 22 aromatic rings. The average molecular weight is 2380 g/mol. The molecule has 26 rings (SSSR count). The van der Waals surface area contributed by atoms with Crippen molar-refractivity contribution in [2.45, 2.75) is 0 Å². The van der Waals surface area contributed by atoms with Crippen LogP contribution in [0.3, 0.4) is 0 Å². The summed E-state index contributed by atoms with van der Waals surface area (Å²) in [6.45, 7) is 8.02. The molecule has 0 saturated carbocycles. The molecular formula is C99H70Ir4N25-4. The molecule has 1 radical (unpaired) electrons. The van der Waals surface area contributed by atoms with Gasteiger partial charge in [0, 0.05) is 103 Å². The second-order valence-corrected chi connectivity index (χ2v) is 28.5. The van der Waals surface area contributed by atoms with Crippen LogP contribution in [0.25, 0.3) is 132 Å². The molecule has 4 aliphatic rings. The van der Waals surface area contributed by atoms with E-state index >= 15 is 0 Å². The van der Waals surface area contributed by atoms with E-state index in [4.69, 9.17) is 4.98 Å². The van der Waals surface area contributed by atoms with E-state index in [-0.39, 0.29) is 80.4 Å². The van der Waals surface area contributed by atoms with Gasteiger partial charge in [-0.05, 0) is 169 Å². The van der Waals surface area contributed by atoms with Crippen LogP contribution in [-0.2, 0) is 80.4 Å². The second-order valence-electron chi connectivity index (χ2n) is 28.5. The van der Waals surface area contributed by atoms with Gasteiger partial charge in [-0.1, -0.05) is 90.8 Å². The number of pyridine rings is 9. The van der Waals surface area contributed by atoms with Crippen molar-refractivity contribution in [2.75, 3.05) is 47.8 Å². The Hall–Kier alpha value is -14.2. The molecule has 25 nitrogen and oxygen atoms in total. The molecule has 0 unspecified atom stereocenters. The molecule has 0 fully saturated rings. The Morgan fingerprint density at radius 2 is 0.742 bits per heavy atom. The van der Waals surface area contributed by atoms with Crippen LogP contribution in [0.15, 0.2) is 330 Å². The van der Waals surface area contributed by atoms with Gasteiger partial charge in [0.2, 0.25) is 0 Å². The van der Waals surface area contributed by atoms with E-state index in [2.05, 4.69) is 139 Å². The topological polar surface area (TPSA) is 211 Å². The quantitative estimate of drug-likeness (QED) is 0.0910. The van der Waals surface area contributed by atoms with Crippen LogP contribution in [0.4, 0.5) is 22.7 Å². The Balaban J connectivity index is 0.000000113. The SMILES string of the molecule is CN1C=CN(c2[c-]cccc2)[CH-]1.CN1C=CN(c2[c-]cccc2)[CH-]1.CN1C=CN(c2[c-]cccc2)[CH-]1.CN1C=CN(c2[c-]cccc2)[CH-]1.[Ir+3].[Ir+3].[Ir+3].[Ir].[c-]1cccc2c3cnc4ccccc4c3c3nc[c-]n3c12.[c-]1cnc2c3cc4ccccc4nc3c3cccnc3n12.[c-]1ncc2c3cncnc3c3cccnc3n12.[c-]1ncc2c3ncncc3c3cccnc3n12. The molecule has 128 heavy (non-hydrogen) atoms. The van der Waals surface area contributed by atoms with Gasteiger partial charge in [-0.2, -0.15) is 177 Å². The number of hydrogen-bond donors (Lipinski definition) is 0. The molecule has 29 heteroatoms. The molecule has 631 valence electrons. The number of hydrogen-bond acceptors (Lipinski definition) is 21. The molecule has 0 spiro atoms. The number of fused-ring (bicyclic) bond motifs is 27. The van der Waals surface area contributed by atoms with Crippen LogP contribution in [0.1, 0.15) is 0 Å². The molecule has 0 atom stereocenters. The van der Waals surface area contributed by atoms with Crippen molar-refractivity contribution in [3.63, 3.8) is 0 Å². The van der Waals surface area contributed by atoms with Crippen molar-refractivity contribution in [1.82, 2.24) is 102 Å². The number of para-hydroxylation sites is 7. The first-order valence-corrected chi connectivity index (χ1v) is 39.3. The average Bonchev–Trinajstić information content (AvgIpc) is 1.44. The molecule has 0 amide bonds. The monoisotopic (exact) mass is 2380 g/mol. The number of rotatable bonds is 4. The predicted molar refractivity (Wildman–Crippen MR) is 486 cm³/mol. The summed E-state index contributed by atoms with van der Waals surface area (Å²) in [5.41, 5.74) is 15.9. The van der Waals surface area contributed by atoms with Crippen LogP contribution in [0.2, 0.25) is 0 Å². The summed E-state index contributed by atoms with van der Waals surface area (Å²) in [4.78, 5) is 72.5. The summed E-state index contributed by atoms with van der Waals surface area (Å²) >= 11 is 0. The number of aromatic nitrogens is 17. The Bertz CT molecular complexity index is 7110. The minimum Gasteiger partial charge on any atom is -0.510 e. The minimum absolute atomic E-state index is 0. The molecule has 0 aliphatic carbocycles. The van der Waals surface area contributed by atoms with Gasteiger partial charge in [0.1, 0.15) is 12.7 Å². The molecule has 0 bridgehead atoms. The third kappa shape index (κ3) is 18.7. The van der Waals surface area contributed by atoms with Crippen molar-refractivity contribution >= 4 is 154 Å². The Kier molecular flexibility index (Phi) is 28.3.